The molecule has 17 heavy (non-hydrogen) atoms. The normalized spacial score (nSPS) is 15.9. The summed E-state index contributed by atoms with van der Waals surface area (Å²) in [7, 11) is 0. The molecule has 0 unspecified atom stereocenters. The van der Waals surface area contributed by atoms with Gasteiger partial charge in [0.1, 0.15) is 0 Å². The van der Waals surface area contributed by atoms with Crippen molar-refractivity contribution in [2.24, 2.45) is 0 Å². The van der Waals surface area contributed by atoms with Gasteiger partial charge in [0, 0.05) is 30.1 Å². The topological polar surface area (TPSA) is 55.6 Å². The van der Waals surface area contributed by atoms with Crippen LogP contribution in [0, 0.1) is 10.1 Å². The highest BCUT2D eigenvalue weighted by molar-refractivity contribution is 5.47. The largest absolute Gasteiger partial charge is 0.378 e. The van der Waals surface area contributed by atoms with Gasteiger partial charge in [0.05, 0.1) is 13.2 Å². The first-order valence-corrected chi connectivity index (χ1v) is 5.79. The minimum atomic E-state index is -0.282. The Morgan fingerprint density at radius 3 is 2.47 bits per heavy atom. The summed E-state index contributed by atoms with van der Waals surface area (Å²) in [5, 5.41) is 10.3. The Balaban J connectivity index is 1.94. The van der Waals surface area contributed by atoms with E-state index in [4.69, 9.17) is 4.74 Å². The van der Waals surface area contributed by atoms with Crippen LogP contribution in [0.15, 0.2) is 24.3 Å². The monoisotopic (exact) mass is 236 g/mol. The summed E-state index contributed by atoms with van der Waals surface area (Å²) in [5.41, 5.74) is 2.18. The lowest BCUT2D eigenvalue weighted by molar-refractivity contribution is -0.479. The summed E-state index contributed by atoms with van der Waals surface area (Å²) in [6.45, 7) is 3.35. The van der Waals surface area contributed by atoms with Crippen molar-refractivity contribution in [3.63, 3.8) is 0 Å². The van der Waals surface area contributed by atoms with Gasteiger partial charge in [0.15, 0.2) is 0 Å². The number of nitro groups is 1. The van der Waals surface area contributed by atoms with Crippen molar-refractivity contribution in [1.29, 1.82) is 0 Å². The first kappa shape index (κ1) is 11.9. The minimum Gasteiger partial charge on any atom is -0.378 e. The molecule has 1 aromatic carbocycles. The predicted octanol–water partition coefficient (Wildman–Crippen LogP) is 1.34. The Hall–Kier alpha value is -1.62. The Morgan fingerprint density at radius 2 is 1.88 bits per heavy atom. The Bertz CT molecular complexity index is 372. The maximum absolute atomic E-state index is 10.3. The van der Waals surface area contributed by atoms with E-state index in [1.807, 2.05) is 24.3 Å². The third-order valence-electron chi connectivity index (χ3n) is 2.90. The molecule has 0 aromatic heterocycles. The third-order valence-corrected chi connectivity index (χ3v) is 2.90. The number of hydrogen-bond acceptors (Lipinski definition) is 4. The van der Waals surface area contributed by atoms with Crippen molar-refractivity contribution in [2.75, 3.05) is 37.7 Å². The average molecular weight is 236 g/mol. The fourth-order valence-electron chi connectivity index (χ4n) is 1.92. The Labute approximate surface area is 100 Å². The molecule has 1 saturated heterocycles. The molecule has 0 amide bonds. The van der Waals surface area contributed by atoms with Crippen molar-refractivity contribution in [1.82, 2.24) is 0 Å². The van der Waals surface area contributed by atoms with E-state index in [1.54, 1.807) is 0 Å². The molecule has 1 heterocycles. The van der Waals surface area contributed by atoms with Gasteiger partial charge in [-0.1, -0.05) is 12.1 Å². The molecule has 0 bridgehead atoms. The zero-order valence-corrected chi connectivity index (χ0v) is 9.67. The van der Waals surface area contributed by atoms with Crippen molar-refractivity contribution < 1.29 is 9.66 Å². The number of anilines is 1. The molecule has 1 fully saturated rings. The van der Waals surface area contributed by atoms with Gasteiger partial charge in [-0.05, 0) is 17.7 Å². The van der Waals surface area contributed by atoms with Gasteiger partial charge in [-0.25, -0.2) is 0 Å². The molecule has 1 aliphatic heterocycles. The lowest BCUT2D eigenvalue weighted by Crippen LogP contribution is -2.36. The second-order valence-electron chi connectivity index (χ2n) is 4.07. The molecule has 2 rings (SSSR count). The van der Waals surface area contributed by atoms with Gasteiger partial charge in [0.25, 0.3) is 0 Å². The number of morpholine rings is 1. The van der Waals surface area contributed by atoms with Crippen LogP contribution in [0.5, 0.6) is 0 Å². The smallest absolute Gasteiger partial charge is 0.207 e. The third kappa shape index (κ3) is 3.42. The van der Waals surface area contributed by atoms with Gasteiger partial charge in [-0.2, -0.15) is 0 Å². The van der Waals surface area contributed by atoms with Crippen molar-refractivity contribution in [3.8, 4) is 0 Å². The predicted molar refractivity (Wildman–Crippen MR) is 65.0 cm³/mol. The van der Waals surface area contributed by atoms with Crippen LogP contribution in [-0.2, 0) is 11.2 Å². The summed E-state index contributed by atoms with van der Waals surface area (Å²) in [6, 6.07) is 7.99. The van der Waals surface area contributed by atoms with Crippen LogP contribution in [0.4, 0.5) is 5.69 Å². The van der Waals surface area contributed by atoms with Crippen molar-refractivity contribution in [2.45, 2.75) is 6.42 Å². The molecule has 5 nitrogen and oxygen atoms in total. The minimum absolute atomic E-state index is 0.00307. The molecular weight excluding hydrogens is 220 g/mol. The number of benzene rings is 1. The highest BCUT2D eigenvalue weighted by Crippen LogP contribution is 2.16. The van der Waals surface area contributed by atoms with E-state index in [2.05, 4.69) is 4.90 Å². The first-order chi connectivity index (χ1) is 8.25. The van der Waals surface area contributed by atoms with Gasteiger partial charge >= 0.3 is 0 Å². The highest BCUT2D eigenvalue weighted by atomic mass is 16.6. The van der Waals surface area contributed by atoms with Crippen LogP contribution in [0.1, 0.15) is 5.56 Å². The maximum Gasteiger partial charge on any atom is 0.207 e. The van der Waals surface area contributed by atoms with Crippen molar-refractivity contribution >= 4 is 5.69 Å². The van der Waals surface area contributed by atoms with Crippen molar-refractivity contribution in [3.05, 3.63) is 39.9 Å². The van der Waals surface area contributed by atoms with Gasteiger partial charge in [-0.3, -0.25) is 10.1 Å². The average Bonchev–Trinajstić information content (AvgIpc) is 2.38. The van der Waals surface area contributed by atoms with E-state index in [9.17, 15) is 10.1 Å². The molecule has 1 aliphatic rings. The van der Waals surface area contributed by atoms with Gasteiger partial charge in [-0.15, -0.1) is 0 Å². The van der Waals surface area contributed by atoms with E-state index < -0.39 is 0 Å². The second-order valence-corrected chi connectivity index (χ2v) is 4.07. The fourth-order valence-corrected chi connectivity index (χ4v) is 1.92. The quantitative estimate of drug-likeness (QED) is 0.585. The van der Waals surface area contributed by atoms with Crippen LogP contribution >= 0.6 is 0 Å². The van der Waals surface area contributed by atoms with Crippen LogP contribution in [-0.4, -0.2) is 37.8 Å². The number of rotatable bonds is 4. The summed E-state index contributed by atoms with van der Waals surface area (Å²) >= 11 is 0. The van der Waals surface area contributed by atoms with E-state index in [0.29, 0.717) is 6.42 Å². The van der Waals surface area contributed by atoms with Crippen LogP contribution < -0.4 is 4.90 Å². The lowest BCUT2D eigenvalue weighted by Gasteiger charge is -2.28. The van der Waals surface area contributed by atoms with E-state index in [-0.39, 0.29) is 11.5 Å². The van der Waals surface area contributed by atoms with Gasteiger partial charge in [0.2, 0.25) is 6.54 Å². The second kappa shape index (κ2) is 5.63. The molecule has 0 saturated carbocycles. The zero-order chi connectivity index (χ0) is 12.1. The summed E-state index contributed by atoms with van der Waals surface area (Å²) in [5.74, 6) is 0. The van der Waals surface area contributed by atoms with Crippen LogP contribution in [0.3, 0.4) is 0 Å². The molecule has 0 spiro atoms. The van der Waals surface area contributed by atoms with E-state index >= 15 is 0 Å². The summed E-state index contributed by atoms with van der Waals surface area (Å²) in [4.78, 5) is 12.3. The first-order valence-electron chi connectivity index (χ1n) is 5.79. The molecule has 1 aromatic rings. The number of ether oxygens (including phenoxy) is 1. The molecular formula is C12H16N2O3. The molecule has 0 atom stereocenters. The van der Waals surface area contributed by atoms with Gasteiger partial charge < -0.3 is 9.64 Å². The zero-order valence-electron chi connectivity index (χ0n) is 9.67. The van der Waals surface area contributed by atoms with E-state index in [1.165, 1.54) is 0 Å². The SMILES string of the molecule is O=[N+]([O-])CCc1ccc(N2CCOCC2)cc1. The summed E-state index contributed by atoms with van der Waals surface area (Å²) < 4.78 is 5.29. The molecule has 0 radical (unpaired) electrons. The number of hydrogen-bond donors (Lipinski definition) is 0. The Kier molecular flexibility index (Phi) is 3.93. The summed E-state index contributed by atoms with van der Waals surface area (Å²) in [6.07, 6.45) is 0.496. The standard InChI is InChI=1S/C12H16N2O3/c15-14(16)6-5-11-1-3-12(4-2-11)13-7-9-17-10-8-13/h1-4H,5-10H2. The highest BCUT2D eigenvalue weighted by Gasteiger charge is 2.10. The molecule has 92 valence electrons. The molecule has 0 N–H and O–H groups in total. The van der Waals surface area contributed by atoms with E-state index in [0.717, 1.165) is 37.6 Å². The molecule has 0 aliphatic carbocycles. The van der Waals surface area contributed by atoms with Crippen LogP contribution in [0.25, 0.3) is 0 Å². The lowest BCUT2D eigenvalue weighted by atomic mass is 10.1. The number of nitrogens with zero attached hydrogens (tertiary/aromatic N) is 2. The Morgan fingerprint density at radius 1 is 1.24 bits per heavy atom. The maximum atomic E-state index is 10.3. The fraction of sp³-hybridized carbons (Fsp3) is 0.500. The van der Waals surface area contributed by atoms with Crippen LogP contribution in [0.2, 0.25) is 0 Å². The molecule has 5 heteroatoms.